The molecule has 18 heavy (non-hydrogen) atoms. The quantitative estimate of drug-likeness (QED) is 0.666. The number of ether oxygens (including phenoxy) is 1. The molecule has 1 aliphatic rings. The fraction of sp³-hybridized carbons (Fsp3) is 0.818. The van der Waals surface area contributed by atoms with Crippen LogP contribution in [0.1, 0.15) is 13.8 Å². The van der Waals surface area contributed by atoms with Crippen LogP contribution in [0.3, 0.4) is 0 Å². The maximum absolute atomic E-state index is 11.7. The maximum Gasteiger partial charge on any atom is 0.307 e. The number of hydrogen-bond donors (Lipinski definition) is 2. The Bertz CT molecular complexity index is 333. The third kappa shape index (κ3) is 3.38. The second kappa shape index (κ2) is 5.60. The summed E-state index contributed by atoms with van der Waals surface area (Å²) in [5.74, 6) is -2.60. The van der Waals surface area contributed by atoms with Gasteiger partial charge in [-0.3, -0.25) is 9.59 Å². The van der Waals surface area contributed by atoms with Crippen molar-refractivity contribution in [3.05, 3.63) is 0 Å². The minimum atomic E-state index is -2.53. The Labute approximate surface area is 103 Å². The van der Waals surface area contributed by atoms with Crippen molar-refractivity contribution in [2.75, 3.05) is 19.8 Å². The predicted octanol–water partition coefficient (Wildman–Crippen LogP) is 0.741. The number of hydrogen-bond acceptors (Lipinski definition) is 3. The zero-order valence-electron chi connectivity index (χ0n) is 10.3. The first-order chi connectivity index (χ1) is 8.28. The molecular weight excluding hydrogens is 248 g/mol. The van der Waals surface area contributed by atoms with Gasteiger partial charge in [-0.1, -0.05) is 13.8 Å². The topological polar surface area (TPSA) is 75.6 Å². The van der Waals surface area contributed by atoms with E-state index in [1.807, 2.05) is 0 Å². The molecule has 0 heterocycles. The predicted molar refractivity (Wildman–Crippen MR) is 58.2 cm³/mol. The van der Waals surface area contributed by atoms with Crippen LogP contribution in [-0.4, -0.2) is 43.2 Å². The van der Waals surface area contributed by atoms with Gasteiger partial charge in [0, 0.05) is 6.54 Å². The highest BCUT2D eigenvalue weighted by Crippen LogP contribution is 2.58. The van der Waals surface area contributed by atoms with Crippen LogP contribution in [0.4, 0.5) is 8.78 Å². The highest BCUT2D eigenvalue weighted by molar-refractivity contribution is 5.91. The monoisotopic (exact) mass is 265 g/mol. The van der Waals surface area contributed by atoms with E-state index in [-0.39, 0.29) is 19.1 Å². The molecule has 1 saturated carbocycles. The molecule has 7 heteroatoms. The molecule has 0 aliphatic heterocycles. The Kier molecular flexibility index (Phi) is 4.61. The Balaban J connectivity index is 2.25. The smallest absolute Gasteiger partial charge is 0.307 e. The van der Waals surface area contributed by atoms with Crippen LogP contribution in [0, 0.1) is 17.3 Å². The van der Waals surface area contributed by atoms with Gasteiger partial charge in [-0.05, 0) is 5.41 Å². The third-order valence-corrected chi connectivity index (χ3v) is 3.17. The molecule has 2 atom stereocenters. The van der Waals surface area contributed by atoms with Gasteiger partial charge in [-0.2, -0.15) is 0 Å². The Morgan fingerprint density at radius 1 is 1.39 bits per heavy atom. The van der Waals surface area contributed by atoms with Gasteiger partial charge >= 0.3 is 5.97 Å². The molecule has 2 N–H and O–H groups in total. The van der Waals surface area contributed by atoms with Crippen LogP contribution < -0.4 is 5.32 Å². The van der Waals surface area contributed by atoms with Crippen molar-refractivity contribution < 1.29 is 28.2 Å². The average molecular weight is 265 g/mol. The molecule has 1 amide bonds. The van der Waals surface area contributed by atoms with Gasteiger partial charge in [0.2, 0.25) is 5.91 Å². The number of carboxylic acids is 1. The van der Waals surface area contributed by atoms with Crippen molar-refractivity contribution in [2.24, 2.45) is 17.3 Å². The molecule has 0 bridgehead atoms. The summed E-state index contributed by atoms with van der Waals surface area (Å²) in [6.45, 7) is 2.85. The Hall–Kier alpha value is -1.24. The molecule has 1 rings (SSSR count). The van der Waals surface area contributed by atoms with Crippen molar-refractivity contribution in [1.82, 2.24) is 5.32 Å². The van der Waals surface area contributed by atoms with Crippen LogP contribution in [-0.2, 0) is 14.3 Å². The van der Waals surface area contributed by atoms with E-state index in [1.54, 1.807) is 13.8 Å². The molecule has 0 spiro atoms. The zero-order chi connectivity index (χ0) is 13.9. The fourth-order valence-corrected chi connectivity index (χ4v) is 2.12. The first-order valence-electron chi connectivity index (χ1n) is 5.65. The number of carboxylic acid groups (broad SMARTS) is 1. The molecule has 1 aliphatic carbocycles. The lowest BCUT2D eigenvalue weighted by molar-refractivity contribution is -0.140. The van der Waals surface area contributed by atoms with Gasteiger partial charge in [-0.15, -0.1) is 0 Å². The fourth-order valence-electron chi connectivity index (χ4n) is 2.12. The number of carbonyl (C=O) groups is 2. The average Bonchev–Trinajstić information content (AvgIpc) is 2.80. The standard InChI is InChI=1S/C11H17F2NO4/c1-11(2)7(8(11)10(16)17)9(15)14-3-4-18-5-6(12)13/h6-8H,3-5H2,1-2H3,(H,14,15)(H,16,17). The van der Waals surface area contributed by atoms with Crippen LogP contribution >= 0.6 is 0 Å². The Morgan fingerprint density at radius 2 is 2.00 bits per heavy atom. The number of nitrogens with one attached hydrogen (secondary N) is 1. The summed E-state index contributed by atoms with van der Waals surface area (Å²) in [4.78, 5) is 22.5. The number of rotatable bonds is 7. The second-order valence-electron chi connectivity index (χ2n) is 4.87. The summed E-state index contributed by atoms with van der Waals surface area (Å²) >= 11 is 0. The molecule has 0 aromatic carbocycles. The highest BCUT2D eigenvalue weighted by atomic mass is 19.3. The first-order valence-corrected chi connectivity index (χ1v) is 5.65. The van der Waals surface area contributed by atoms with E-state index in [0.717, 1.165) is 0 Å². The van der Waals surface area contributed by atoms with Gasteiger partial charge in [0.05, 0.1) is 18.4 Å². The van der Waals surface area contributed by atoms with E-state index in [0.29, 0.717) is 0 Å². The van der Waals surface area contributed by atoms with E-state index < -0.39 is 36.3 Å². The number of halogens is 2. The minimum absolute atomic E-state index is 0.0129. The molecule has 0 aromatic rings. The van der Waals surface area contributed by atoms with E-state index in [2.05, 4.69) is 10.1 Å². The molecule has 0 radical (unpaired) electrons. The highest BCUT2D eigenvalue weighted by Gasteiger charge is 2.65. The maximum atomic E-state index is 11.7. The third-order valence-electron chi connectivity index (χ3n) is 3.17. The molecule has 0 aromatic heterocycles. The van der Waals surface area contributed by atoms with E-state index in [1.165, 1.54) is 0 Å². The van der Waals surface area contributed by atoms with Gasteiger partial charge in [0.15, 0.2) is 0 Å². The lowest BCUT2D eigenvalue weighted by atomic mass is 10.1. The molecule has 2 unspecified atom stereocenters. The minimum Gasteiger partial charge on any atom is -0.481 e. The number of alkyl halides is 2. The molecule has 5 nitrogen and oxygen atoms in total. The lowest BCUT2D eigenvalue weighted by Crippen LogP contribution is -2.30. The van der Waals surface area contributed by atoms with Crippen LogP contribution in [0.2, 0.25) is 0 Å². The first kappa shape index (κ1) is 14.8. The van der Waals surface area contributed by atoms with Gasteiger partial charge in [0.1, 0.15) is 6.61 Å². The summed E-state index contributed by atoms with van der Waals surface area (Å²) in [5.41, 5.74) is -0.556. The van der Waals surface area contributed by atoms with Crippen molar-refractivity contribution in [1.29, 1.82) is 0 Å². The summed E-state index contributed by atoms with van der Waals surface area (Å²) in [7, 11) is 0. The number of amides is 1. The second-order valence-corrected chi connectivity index (χ2v) is 4.87. The molecule has 0 saturated heterocycles. The molecule has 1 fully saturated rings. The summed E-state index contributed by atoms with van der Waals surface area (Å²) < 4.78 is 28.0. The van der Waals surface area contributed by atoms with Gasteiger partial charge in [-0.25, -0.2) is 8.78 Å². The van der Waals surface area contributed by atoms with Crippen molar-refractivity contribution in [2.45, 2.75) is 20.3 Å². The van der Waals surface area contributed by atoms with Crippen LogP contribution in [0.25, 0.3) is 0 Å². The van der Waals surface area contributed by atoms with Crippen molar-refractivity contribution in [3.8, 4) is 0 Å². The summed E-state index contributed by atoms with van der Waals surface area (Å²) in [6.07, 6.45) is -2.53. The van der Waals surface area contributed by atoms with E-state index in [9.17, 15) is 18.4 Å². The lowest BCUT2D eigenvalue weighted by Gasteiger charge is -2.06. The van der Waals surface area contributed by atoms with Crippen LogP contribution in [0.15, 0.2) is 0 Å². The molecule has 104 valence electrons. The Morgan fingerprint density at radius 3 is 2.44 bits per heavy atom. The van der Waals surface area contributed by atoms with Crippen LogP contribution in [0.5, 0.6) is 0 Å². The SMILES string of the molecule is CC1(C)C(C(=O)O)C1C(=O)NCCOCC(F)F. The largest absolute Gasteiger partial charge is 0.481 e. The zero-order valence-corrected chi connectivity index (χ0v) is 10.3. The summed E-state index contributed by atoms with van der Waals surface area (Å²) in [5, 5.41) is 11.4. The van der Waals surface area contributed by atoms with Gasteiger partial charge in [0.25, 0.3) is 6.43 Å². The van der Waals surface area contributed by atoms with E-state index in [4.69, 9.17) is 5.11 Å². The van der Waals surface area contributed by atoms with Gasteiger partial charge < -0.3 is 15.2 Å². The van der Waals surface area contributed by atoms with E-state index >= 15 is 0 Å². The number of carbonyl (C=O) groups excluding carboxylic acids is 1. The number of aliphatic carboxylic acids is 1. The molecular formula is C11H17F2NO4. The normalized spacial score (nSPS) is 24.9. The summed E-state index contributed by atoms with van der Waals surface area (Å²) in [6, 6.07) is 0. The van der Waals surface area contributed by atoms with Crippen molar-refractivity contribution >= 4 is 11.9 Å². The van der Waals surface area contributed by atoms with Crippen molar-refractivity contribution in [3.63, 3.8) is 0 Å².